The van der Waals surface area contributed by atoms with Crippen molar-refractivity contribution in [1.82, 2.24) is 21.3 Å². The van der Waals surface area contributed by atoms with Gasteiger partial charge in [0.1, 0.15) is 18.1 Å². The maximum absolute atomic E-state index is 13.1. The molecule has 184 valence electrons. The Balaban J connectivity index is 2.88. The average molecular weight is 473 g/mol. The van der Waals surface area contributed by atoms with Gasteiger partial charge in [-0.2, -0.15) is 11.8 Å². The summed E-state index contributed by atoms with van der Waals surface area (Å²) >= 11 is 1.53. The van der Waals surface area contributed by atoms with Gasteiger partial charge in [0.2, 0.25) is 17.7 Å². The lowest BCUT2D eigenvalue weighted by Gasteiger charge is -2.26. The second-order valence-electron chi connectivity index (χ2n) is 9.21. The number of rotatable bonds is 14. The molecule has 1 aliphatic rings. The molecule has 1 rings (SSSR count). The predicted molar refractivity (Wildman–Crippen MR) is 126 cm³/mol. The molecule has 1 fully saturated rings. The van der Waals surface area contributed by atoms with E-state index in [0.717, 1.165) is 19.4 Å². The minimum atomic E-state index is -1.10. The molecule has 4 unspecified atom stereocenters. The van der Waals surface area contributed by atoms with Crippen molar-refractivity contribution in [3.05, 3.63) is 0 Å². The largest absolute Gasteiger partial charge is 0.480 e. The molecule has 0 saturated carbocycles. The lowest BCUT2D eigenvalue weighted by atomic mass is 10.0. The standard InChI is InChI=1S/C22H40N4O5S/c1-13(2)11-17(25-19(27)15-7-6-9-23-15)21(29)24-16(8-10-32-5)20(28)26-18(22(30)31)12-14(3)4/h13-18,23H,6-12H2,1-5H3,(H,24,29)(H,25,27)(H,26,28)(H,30,31). The summed E-state index contributed by atoms with van der Waals surface area (Å²) in [5, 5.41) is 20.7. The highest BCUT2D eigenvalue weighted by atomic mass is 32.2. The first-order valence-corrected chi connectivity index (χ1v) is 12.8. The Morgan fingerprint density at radius 2 is 1.50 bits per heavy atom. The summed E-state index contributed by atoms with van der Waals surface area (Å²) in [6.07, 6.45) is 4.63. The Kier molecular flexibility index (Phi) is 12.7. The zero-order valence-corrected chi connectivity index (χ0v) is 20.7. The van der Waals surface area contributed by atoms with Crippen LogP contribution >= 0.6 is 11.8 Å². The Bertz CT molecular complexity index is 638. The van der Waals surface area contributed by atoms with E-state index in [-0.39, 0.29) is 23.8 Å². The molecule has 32 heavy (non-hydrogen) atoms. The molecular weight excluding hydrogens is 432 g/mol. The number of hydrogen-bond acceptors (Lipinski definition) is 6. The fourth-order valence-corrected chi connectivity index (χ4v) is 4.10. The lowest BCUT2D eigenvalue weighted by molar-refractivity contribution is -0.142. The molecule has 5 N–H and O–H groups in total. The van der Waals surface area contributed by atoms with Gasteiger partial charge in [0.05, 0.1) is 6.04 Å². The molecule has 1 saturated heterocycles. The summed E-state index contributed by atoms with van der Waals surface area (Å²) in [7, 11) is 0. The van der Waals surface area contributed by atoms with Crippen molar-refractivity contribution in [2.24, 2.45) is 11.8 Å². The fraction of sp³-hybridized carbons (Fsp3) is 0.818. The van der Waals surface area contributed by atoms with Crippen molar-refractivity contribution in [3.8, 4) is 0 Å². The molecule has 0 spiro atoms. The van der Waals surface area contributed by atoms with Gasteiger partial charge in [-0.15, -0.1) is 0 Å². The van der Waals surface area contributed by atoms with Crippen LogP contribution in [0.25, 0.3) is 0 Å². The summed E-state index contributed by atoms with van der Waals surface area (Å²) in [6.45, 7) is 8.46. The Morgan fingerprint density at radius 3 is 2.00 bits per heavy atom. The monoisotopic (exact) mass is 472 g/mol. The molecular formula is C22H40N4O5S. The van der Waals surface area contributed by atoms with Gasteiger partial charge in [0, 0.05) is 0 Å². The van der Waals surface area contributed by atoms with Gasteiger partial charge < -0.3 is 26.4 Å². The van der Waals surface area contributed by atoms with Crippen LogP contribution in [-0.4, -0.2) is 71.5 Å². The first-order valence-electron chi connectivity index (χ1n) is 11.4. The van der Waals surface area contributed by atoms with Crippen LogP contribution in [0.3, 0.4) is 0 Å². The van der Waals surface area contributed by atoms with Crippen LogP contribution in [0.5, 0.6) is 0 Å². The highest BCUT2D eigenvalue weighted by molar-refractivity contribution is 7.98. The second-order valence-corrected chi connectivity index (χ2v) is 10.2. The van der Waals surface area contributed by atoms with E-state index in [1.54, 1.807) is 0 Å². The first-order chi connectivity index (χ1) is 15.0. The summed E-state index contributed by atoms with van der Waals surface area (Å²) < 4.78 is 0. The van der Waals surface area contributed by atoms with Crippen molar-refractivity contribution >= 4 is 35.5 Å². The summed E-state index contributed by atoms with van der Waals surface area (Å²) in [6, 6.07) is -2.96. The molecule has 10 heteroatoms. The maximum Gasteiger partial charge on any atom is 0.326 e. The van der Waals surface area contributed by atoms with Crippen molar-refractivity contribution < 1.29 is 24.3 Å². The number of carbonyl (C=O) groups is 4. The average Bonchev–Trinajstić information content (AvgIpc) is 3.24. The van der Waals surface area contributed by atoms with E-state index in [0.29, 0.717) is 25.0 Å². The fourth-order valence-electron chi connectivity index (χ4n) is 3.63. The van der Waals surface area contributed by atoms with Crippen LogP contribution in [-0.2, 0) is 19.2 Å². The van der Waals surface area contributed by atoms with Crippen LogP contribution in [0.4, 0.5) is 0 Å². The lowest BCUT2D eigenvalue weighted by Crippen LogP contribution is -2.57. The quantitative estimate of drug-likeness (QED) is 0.255. The van der Waals surface area contributed by atoms with E-state index in [1.165, 1.54) is 11.8 Å². The van der Waals surface area contributed by atoms with Crippen molar-refractivity contribution in [2.75, 3.05) is 18.6 Å². The molecule has 3 amide bonds. The molecule has 0 aromatic carbocycles. The molecule has 1 heterocycles. The van der Waals surface area contributed by atoms with Crippen molar-refractivity contribution in [2.45, 2.75) is 84.0 Å². The van der Waals surface area contributed by atoms with Gasteiger partial charge >= 0.3 is 5.97 Å². The third-order valence-electron chi connectivity index (χ3n) is 5.28. The van der Waals surface area contributed by atoms with E-state index in [4.69, 9.17) is 0 Å². The zero-order valence-electron chi connectivity index (χ0n) is 19.9. The minimum Gasteiger partial charge on any atom is -0.480 e. The summed E-state index contributed by atoms with van der Waals surface area (Å²) in [5.74, 6) is -1.40. The maximum atomic E-state index is 13.1. The van der Waals surface area contributed by atoms with Crippen LogP contribution in [0, 0.1) is 11.8 Å². The van der Waals surface area contributed by atoms with E-state index in [9.17, 15) is 24.3 Å². The van der Waals surface area contributed by atoms with Crippen LogP contribution < -0.4 is 21.3 Å². The number of hydrogen-bond donors (Lipinski definition) is 5. The third-order valence-corrected chi connectivity index (χ3v) is 5.93. The third kappa shape index (κ3) is 10.2. The molecule has 0 aromatic rings. The number of thioether (sulfide) groups is 1. The van der Waals surface area contributed by atoms with Crippen LogP contribution in [0.15, 0.2) is 0 Å². The highest BCUT2D eigenvalue weighted by Crippen LogP contribution is 2.11. The summed E-state index contributed by atoms with van der Waals surface area (Å²) in [4.78, 5) is 50.0. The van der Waals surface area contributed by atoms with E-state index < -0.39 is 35.9 Å². The van der Waals surface area contributed by atoms with Gasteiger partial charge in [-0.3, -0.25) is 14.4 Å². The number of carboxylic acid groups (broad SMARTS) is 1. The molecule has 0 bridgehead atoms. The first kappa shape index (κ1) is 28.2. The molecule has 0 aliphatic carbocycles. The van der Waals surface area contributed by atoms with Gasteiger partial charge in [-0.25, -0.2) is 4.79 Å². The van der Waals surface area contributed by atoms with Crippen molar-refractivity contribution in [3.63, 3.8) is 0 Å². The Labute approximate surface area is 195 Å². The second kappa shape index (κ2) is 14.4. The predicted octanol–water partition coefficient (Wildman–Crippen LogP) is 1.12. The van der Waals surface area contributed by atoms with E-state index in [2.05, 4.69) is 21.3 Å². The number of carboxylic acids is 1. The number of nitrogens with one attached hydrogen (secondary N) is 4. The molecule has 4 atom stereocenters. The molecule has 0 aromatic heterocycles. The van der Waals surface area contributed by atoms with Gasteiger partial charge in [-0.1, -0.05) is 27.7 Å². The van der Waals surface area contributed by atoms with E-state index >= 15 is 0 Å². The molecule has 1 aliphatic heterocycles. The number of aliphatic carboxylic acids is 1. The van der Waals surface area contributed by atoms with Gasteiger partial charge in [-0.05, 0) is 62.5 Å². The summed E-state index contributed by atoms with van der Waals surface area (Å²) in [5.41, 5.74) is 0. The topological polar surface area (TPSA) is 137 Å². The smallest absolute Gasteiger partial charge is 0.326 e. The SMILES string of the molecule is CSCCC(NC(=O)C(CC(C)C)NC(=O)C1CCCN1)C(=O)NC(CC(C)C)C(=O)O. The van der Waals surface area contributed by atoms with E-state index in [1.807, 2.05) is 34.0 Å². The normalized spacial score (nSPS) is 18.8. The number of carbonyl (C=O) groups excluding carboxylic acids is 3. The Morgan fingerprint density at radius 1 is 0.938 bits per heavy atom. The van der Waals surface area contributed by atoms with Crippen LogP contribution in [0.2, 0.25) is 0 Å². The van der Waals surface area contributed by atoms with Gasteiger partial charge in [0.25, 0.3) is 0 Å². The zero-order chi connectivity index (χ0) is 24.3. The van der Waals surface area contributed by atoms with Crippen molar-refractivity contribution in [1.29, 1.82) is 0 Å². The number of amides is 3. The molecule has 0 radical (unpaired) electrons. The van der Waals surface area contributed by atoms with Crippen LogP contribution in [0.1, 0.15) is 59.8 Å². The molecule has 9 nitrogen and oxygen atoms in total. The van der Waals surface area contributed by atoms with Gasteiger partial charge in [0.15, 0.2) is 0 Å². The highest BCUT2D eigenvalue weighted by Gasteiger charge is 2.31. The Hall–Kier alpha value is -1.81. The minimum absolute atomic E-state index is 0.0884.